The number of nitrogens with two attached hydrogens (primary N) is 1. The third-order valence-electron chi connectivity index (χ3n) is 2.38. The first-order valence-corrected chi connectivity index (χ1v) is 6.69. The summed E-state index contributed by atoms with van der Waals surface area (Å²) in [6, 6.07) is 7.28. The molecule has 3 N–H and O–H groups in total. The lowest BCUT2D eigenvalue weighted by Gasteiger charge is -2.18. The lowest BCUT2D eigenvalue weighted by molar-refractivity contribution is -0.121. The van der Waals surface area contributed by atoms with Crippen LogP contribution in [0.5, 0.6) is 5.75 Å². The summed E-state index contributed by atoms with van der Waals surface area (Å²) in [7, 11) is 0. The van der Waals surface area contributed by atoms with E-state index in [0.29, 0.717) is 36.8 Å². The molecule has 0 aromatic heterocycles. The van der Waals surface area contributed by atoms with Gasteiger partial charge in [0.15, 0.2) is 0 Å². The molecule has 0 aliphatic heterocycles. The van der Waals surface area contributed by atoms with Gasteiger partial charge in [0.2, 0.25) is 5.91 Å². The van der Waals surface area contributed by atoms with E-state index in [4.69, 9.17) is 22.1 Å². The van der Waals surface area contributed by atoms with Crippen LogP contribution >= 0.6 is 11.6 Å². The molecule has 0 saturated heterocycles. The number of benzene rings is 1. The molecule has 4 nitrogen and oxygen atoms in total. The number of carbonyl (C=O) groups is 1. The largest absolute Gasteiger partial charge is 0.492 e. The van der Waals surface area contributed by atoms with Gasteiger partial charge in [-0.1, -0.05) is 23.7 Å². The van der Waals surface area contributed by atoms with E-state index in [1.54, 1.807) is 12.1 Å². The standard InChI is InChI=1S/C14H21ClN2O2/c1-14(2,16)10-17-13(18)8-5-9-19-12-7-4-3-6-11(12)15/h3-4,6-7H,5,8-10,16H2,1-2H3,(H,17,18). The van der Waals surface area contributed by atoms with Crippen LogP contribution in [0.15, 0.2) is 24.3 Å². The third-order valence-corrected chi connectivity index (χ3v) is 2.70. The Morgan fingerprint density at radius 2 is 2.11 bits per heavy atom. The number of para-hydroxylation sites is 1. The molecule has 0 fully saturated rings. The van der Waals surface area contributed by atoms with E-state index >= 15 is 0 Å². The Bertz CT molecular complexity index is 416. The number of carbonyl (C=O) groups excluding carboxylic acids is 1. The van der Waals surface area contributed by atoms with Crippen molar-refractivity contribution in [2.45, 2.75) is 32.2 Å². The number of nitrogens with one attached hydrogen (secondary N) is 1. The third kappa shape index (κ3) is 7.03. The van der Waals surface area contributed by atoms with Crippen LogP contribution in [0.4, 0.5) is 0 Å². The van der Waals surface area contributed by atoms with Crippen molar-refractivity contribution in [3.8, 4) is 5.75 Å². The zero-order valence-electron chi connectivity index (χ0n) is 11.4. The molecule has 1 amide bonds. The van der Waals surface area contributed by atoms with Crippen LogP contribution in [0.25, 0.3) is 0 Å². The Morgan fingerprint density at radius 1 is 1.42 bits per heavy atom. The van der Waals surface area contributed by atoms with E-state index in [9.17, 15) is 4.79 Å². The van der Waals surface area contributed by atoms with Crippen molar-refractivity contribution in [3.63, 3.8) is 0 Å². The van der Waals surface area contributed by atoms with Crippen molar-refractivity contribution in [1.82, 2.24) is 5.32 Å². The van der Waals surface area contributed by atoms with E-state index < -0.39 is 0 Å². The van der Waals surface area contributed by atoms with Gasteiger partial charge >= 0.3 is 0 Å². The highest BCUT2D eigenvalue weighted by molar-refractivity contribution is 6.32. The number of hydrogen-bond acceptors (Lipinski definition) is 3. The minimum absolute atomic E-state index is 0.0127. The second-order valence-corrected chi connectivity index (χ2v) is 5.55. The first-order valence-electron chi connectivity index (χ1n) is 6.31. The fourth-order valence-corrected chi connectivity index (χ4v) is 1.58. The maximum absolute atomic E-state index is 11.5. The quantitative estimate of drug-likeness (QED) is 0.756. The van der Waals surface area contributed by atoms with Gasteiger partial charge < -0.3 is 15.8 Å². The average Bonchev–Trinajstić information content (AvgIpc) is 2.33. The molecule has 0 radical (unpaired) electrons. The van der Waals surface area contributed by atoms with E-state index in [1.165, 1.54) is 0 Å². The van der Waals surface area contributed by atoms with Crippen LogP contribution < -0.4 is 15.8 Å². The van der Waals surface area contributed by atoms with Crippen LogP contribution in [0.1, 0.15) is 26.7 Å². The Balaban J connectivity index is 2.17. The summed E-state index contributed by atoms with van der Waals surface area (Å²) in [5, 5.41) is 3.37. The lowest BCUT2D eigenvalue weighted by atomic mass is 10.1. The number of amides is 1. The van der Waals surface area contributed by atoms with E-state index in [2.05, 4.69) is 5.32 Å². The minimum Gasteiger partial charge on any atom is -0.492 e. The van der Waals surface area contributed by atoms with E-state index in [0.717, 1.165) is 0 Å². The Labute approximate surface area is 119 Å². The molecule has 19 heavy (non-hydrogen) atoms. The molecule has 106 valence electrons. The molecule has 1 aromatic carbocycles. The van der Waals surface area contributed by atoms with Gasteiger partial charge in [0.05, 0.1) is 11.6 Å². The predicted molar refractivity (Wildman–Crippen MR) is 77.5 cm³/mol. The molecule has 0 spiro atoms. The van der Waals surface area contributed by atoms with Crippen molar-refractivity contribution in [2.75, 3.05) is 13.2 Å². The zero-order chi connectivity index (χ0) is 14.3. The van der Waals surface area contributed by atoms with Crippen molar-refractivity contribution in [1.29, 1.82) is 0 Å². The molecule has 0 heterocycles. The number of hydrogen-bond donors (Lipinski definition) is 2. The summed E-state index contributed by atoms with van der Waals surface area (Å²) >= 11 is 5.95. The topological polar surface area (TPSA) is 64.3 Å². The van der Waals surface area contributed by atoms with E-state index in [1.807, 2.05) is 26.0 Å². The van der Waals surface area contributed by atoms with Crippen LogP contribution in [0.2, 0.25) is 5.02 Å². The molecule has 0 saturated carbocycles. The maximum Gasteiger partial charge on any atom is 0.220 e. The average molecular weight is 285 g/mol. The van der Waals surface area contributed by atoms with Gasteiger partial charge in [0.1, 0.15) is 5.75 Å². The van der Waals surface area contributed by atoms with Crippen LogP contribution in [0.3, 0.4) is 0 Å². The highest BCUT2D eigenvalue weighted by Gasteiger charge is 2.11. The van der Waals surface area contributed by atoms with Gasteiger partial charge in [-0.2, -0.15) is 0 Å². The first-order chi connectivity index (χ1) is 8.88. The summed E-state index contributed by atoms with van der Waals surface area (Å²) in [5.74, 6) is 0.633. The second-order valence-electron chi connectivity index (χ2n) is 5.15. The summed E-state index contributed by atoms with van der Waals surface area (Å²) < 4.78 is 5.50. The van der Waals surface area contributed by atoms with Gasteiger partial charge in [-0.05, 0) is 32.4 Å². The molecule has 1 rings (SSSR count). The molecule has 0 aliphatic carbocycles. The SMILES string of the molecule is CC(C)(N)CNC(=O)CCCOc1ccccc1Cl. The van der Waals surface area contributed by atoms with Gasteiger partial charge in [0.25, 0.3) is 0 Å². The van der Waals surface area contributed by atoms with Crippen LogP contribution in [0, 0.1) is 0 Å². The normalized spacial score (nSPS) is 11.2. The molecular formula is C14H21ClN2O2. The van der Waals surface area contributed by atoms with E-state index in [-0.39, 0.29) is 11.4 Å². The lowest BCUT2D eigenvalue weighted by Crippen LogP contribution is -2.45. The predicted octanol–water partition coefficient (Wildman–Crippen LogP) is 2.35. The summed E-state index contributed by atoms with van der Waals surface area (Å²) in [5.41, 5.74) is 5.39. The number of halogens is 1. The van der Waals surface area contributed by atoms with Crippen molar-refractivity contribution in [3.05, 3.63) is 29.3 Å². The fraction of sp³-hybridized carbons (Fsp3) is 0.500. The van der Waals surface area contributed by atoms with Gasteiger partial charge in [-0.25, -0.2) is 0 Å². The summed E-state index contributed by atoms with van der Waals surface area (Å²) in [6.07, 6.45) is 1.06. The number of rotatable bonds is 7. The molecule has 0 bridgehead atoms. The van der Waals surface area contributed by atoms with Gasteiger partial charge in [-0.15, -0.1) is 0 Å². The Hall–Kier alpha value is -1.26. The first kappa shape index (κ1) is 15.8. The van der Waals surface area contributed by atoms with Crippen molar-refractivity contribution >= 4 is 17.5 Å². The highest BCUT2D eigenvalue weighted by Crippen LogP contribution is 2.23. The molecule has 5 heteroatoms. The molecule has 0 atom stereocenters. The smallest absolute Gasteiger partial charge is 0.220 e. The molecule has 0 unspecified atom stereocenters. The minimum atomic E-state index is -0.385. The Morgan fingerprint density at radius 3 is 2.74 bits per heavy atom. The van der Waals surface area contributed by atoms with Crippen LogP contribution in [-0.4, -0.2) is 24.6 Å². The highest BCUT2D eigenvalue weighted by atomic mass is 35.5. The molecular weight excluding hydrogens is 264 g/mol. The Kier molecular flexibility index (Phi) is 6.12. The fourth-order valence-electron chi connectivity index (χ4n) is 1.39. The van der Waals surface area contributed by atoms with Crippen LogP contribution in [-0.2, 0) is 4.79 Å². The number of ether oxygens (including phenoxy) is 1. The summed E-state index contributed by atoms with van der Waals surface area (Å²) in [4.78, 5) is 11.5. The summed E-state index contributed by atoms with van der Waals surface area (Å²) in [6.45, 7) is 4.67. The molecule has 0 aliphatic rings. The van der Waals surface area contributed by atoms with Crippen molar-refractivity contribution in [2.24, 2.45) is 5.73 Å². The zero-order valence-corrected chi connectivity index (χ0v) is 12.2. The van der Waals surface area contributed by atoms with Crippen molar-refractivity contribution < 1.29 is 9.53 Å². The molecule has 1 aromatic rings. The maximum atomic E-state index is 11.5. The van der Waals surface area contributed by atoms with Gasteiger partial charge in [-0.3, -0.25) is 4.79 Å². The second kappa shape index (κ2) is 7.36. The monoisotopic (exact) mass is 284 g/mol. The van der Waals surface area contributed by atoms with Gasteiger partial charge in [0, 0.05) is 18.5 Å².